The van der Waals surface area contributed by atoms with Gasteiger partial charge in [-0.1, -0.05) is 30.9 Å². The predicted octanol–water partition coefficient (Wildman–Crippen LogP) is 3.15. The summed E-state index contributed by atoms with van der Waals surface area (Å²) in [6.45, 7) is 0.112. The van der Waals surface area contributed by atoms with Crippen LogP contribution in [0.15, 0.2) is 18.3 Å². The molecule has 0 saturated heterocycles. The van der Waals surface area contributed by atoms with Crippen LogP contribution in [-0.2, 0) is 0 Å². The number of nitro benzene ring substituents is 1. The Labute approximate surface area is 143 Å². The van der Waals surface area contributed by atoms with Gasteiger partial charge in [0.1, 0.15) is 5.52 Å². The summed E-state index contributed by atoms with van der Waals surface area (Å²) < 4.78 is 0. The first kappa shape index (κ1) is 16.7. The lowest BCUT2D eigenvalue weighted by Gasteiger charge is -2.32. The van der Waals surface area contributed by atoms with Crippen LogP contribution in [0.5, 0.6) is 0 Å². The molecule has 1 amide bonds. The van der Waals surface area contributed by atoms with Crippen LogP contribution in [0.3, 0.4) is 0 Å². The van der Waals surface area contributed by atoms with Gasteiger partial charge >= 0.3 is 0 Å². The molecule has 0 spiro atoms. The minimum Gasteiger partial charge on any atom is -0.388 e. The average molecular weight is 352 g/mol. The third kappa shape index (κ3) is 3.09. The zero-order chi connectivity index (χ0) is 17.3. The number of halogens is 1. The number of amides is 1. The van der Waals surface area contributed by atoms with Crippen molar-refractivity contribution >= 4 is 34.1 Å². The summed E-state index contributed by atoms with van der Waals surface area (Å²) in [6.07, 6.45) is 5.74. The van der Waals surface area contributed by atoms with Gasteiger partial charge in [-0.2, -0.15) is 0 Å². The molecule has 1 aliphatic rings. The molecule has 0 radical (unpaired) electrons. The van der Waals surface area contributed by atoms with E-state index < -0.39 is 16.4 Å². The lowest BCUT2D eigenvalue weighted by molar-refractivity contribution is -0.383. The molecule has 24 heavy (non-hydrogen) atoms. The van der Waals surface area contributed by atoms with E-state index >= 15 is 0 Å². The molecule has 1 fully saturated rings. The minimum atomic E-state index is -0.912. The molecule has 1 saturated carbocycles. The zero-order valence-electron chi connectivity index (χ0n) is 13.0. The topological polar surface area (TPSA) is 108 Å². The highest BCUT2D eigenvalue weighted by molar-refractivity contribution is 6.39. The van der Waals surface area contributed by atoms with E-state index in [9.17, 15) is 20.0 Å². The lowest BCUT2D eigenvalue weighted by atomic mass is 9.85. The number of aliphatic hydroxyl groups is 1. The van der Waals surface area contributed by atoms with E-state index in [0.717, 1.165) is 19.3 Å². The molecule has 1 heterocycles. The molecule has 0 aliphatic heterocycles. The average Bonchev–Trinajstić information content (AvgIpc) is 3.03. The summed E-state index contributed by atoms with van der Waals surface area (Å²) >= 11 is 6.24. The van der Waals surface area contributed by atoms with Gasteiger partial charge in [-0.15, -0.1) is 0 Å². The molecule has 1 aromatic carbocycles. The maximum Gasteiger partial charge on any atom is 0.294 e. The van der Waals surface area contributed by atoms with Crippen molar-refractivity contribution in [3.63, 3.8) is 0 Å². The first-order chi connectivity index (χ1) is 11.4. The number of nitrogens with one attached hydrogen (secondary N) is 2. The number of carbonyl (C=O) groups is 1. The van der Waals surface area contributed by atoms with Crippen molar-refractivity contribution in [3.05, 3.63) is 39.0 Å². The lowest BCUT2D eigenvalue weighted by Crippen LogP contribution is -2.44. The smallest absolute Gasteiger partial charge is 0.294 e. The zero-order valence-corrected chi connectivity index (χ0v) is 13.7. The van der Waals surface area contributed by atoms with E-state index in [1.807, 2.05) is 0 Å². The molecule has 0 unspecified atom stereocenters. The van der Waals surface area contributed by atoms with E-state index in [1.165, 1.54) is 12.3 Å². The van der Waals surface area contributed by atoms with Crippen molar-refractivity contribution in [1.82, 2.24) is 10.3 Å². The fourth-order valence-corrected chi connectivity index (χ4v) is 3.52. The Hall–Kier alpha value is -2.12. The van der Waals surface area contributed by atoms with Gasteiger partial charge in [-0.3, -0.25) is 14.9 Å². The normalized spacial score (nSPS) is 16.9. The summed E-state index contributed by atoms with van der Waals surface area (Å²) in [5.41, 5.74) is -0.798. The quantitative estimate of drug-likeness (QED) is 0.580. The van der Waals surface area contributed by atoms with Crippen molar-refractivity contribution in [1.29, 1.82) is 0 Å². The third-order valence-electron chi connectivity index (χ3n) is 4.56. The minimum absolute atomic E-state index is 0.0369. The second-order valence-corrected chi connectivity index (χ2v) is 6.63. The number of H-pyrrole nitrogens is 1. The molecule has 0 atom stereocenters. The molecule has 7 nitrogen and oxygen atoms in total. The first-order valence-corrected chi connectivity index (χ1v) is 8.24. The fourth-order valence-electron chi connectivity index (χ4n) is 3.22. The molecule has 3 N–H and O–H groups in total. The molecular weight excluding hydrogens is 334 g/mol. The summed E-state index contributed by atoms with van der Waals surface area (Å²) in [5, 5.41) is 24.9. The second-order valence-electron chi connectivity index (χ2n) is 6.25. The number of non-ortho nitro benzene ring substituents is 1. The summed E-state index contributed by atoms with van der Waals surface area (Å²) in [5.74, 6) is -0.523. The number of fused-ring (bicyclic) bond motifs is 1. The van der Waals surface area contributed by atoms with Crippen LogP contribution in [0.1, 0.15) is 42.5 Å². The van der Waals surface area contributed by atoms with Crippen molar-refractivity contribution in [2.24, 2.45) is 0 Å². The number of hydrogen-bond acceptors (Lipinski definition) is 4. The summed E-state index contributed by atoms with van der Waals surface area (Å²) in [6, 6.07) is 2.76. The first-order valence-electron chi connectivity index (χ1n) is 7.86. The van der Waals surface area contributed by atoms with Gasteiger partial charge in [0.15, 0.2) is 0 Å². The van der Waals surface area contributed by atoms with E-state index in [1.54, 1.807) is 6.07 Å². The van der Waals surface area contributed by atoms with Gasteiger partial charge in [0, 0.05) is 24.2 Å². The second kappa shape index (κ2) is 6.41. The Bertz CT molecular complexity index is 796. The molecule has 1 aromatic heterocycles. The molecule has 2 aromatic rings. The van der Waals surface area contributed by atoms with Gasteiger partial charge in [0.05, 0.1) is 21.1 Å². The van der Waals surface area contributed by atoms with Crippen LogP contribution in [0.25, 0.3) is 10.9 Å². The fraction of sp³-hybridized carbons (Fsp3) is 0.438. The Balaban J connectivity index is 1.86. The van der Waals surface area contributed by atoms with E-state index in [2.05, 4.69) is 10.3 Å². The number of carbonyl (C=O) groups excluding carboxylic acids is 1. The largest absolute Gasteiger partial charge is 0.388 e. The Morgan fingerprint density at radius 2 is 2.12 bits per heavy atom. The molecule has 8 heteroatoms. The van der Waals surface area contributed by atoms with Gasteiger partial charge in [-0.25, -0.2) is 0 Å². The highest BCUT2D eigenvalue weighted by Gasteiger charge is 2.30. The van der Waals surface area contributed by atoms with Crippen molar-refractivity contribution in [3.8, 4) is 0 Å². The highest BCUT2D eigenvalue weighted by atomic mass is 35.5. The van der Waals surface area contributed by atoms with Crippen LogP contribution < -0.4 is 5.32 Å². The van der Waals surface area contributed by atoms with Gasteiger partial charge < -0.3 is 15.4 Å². The standard InChI is InChI=1S/C16H18ClN3O4/c17-13-10-4-7-18-14(10)12(20(23)24)8-11(13)15(21)19-9-16(22)5-2-1-3-6-16/h4,7-8,18,22H,1-3,5-6,9H2,(H,19,21). The molecular formula is C16H18ClN3O4. The number of rotatable bonds is 4. The van der Waals surface area contributed by atoms with Crippen molar-refractivity contribution < 1.29 is 14.8 Å². The highest BCUT2D eigenvalue weighted by Crippen LogP contribution is 2.34. The van der Waals surface area contributed by atoms with Crippen molar-refractivity contribution in [2.75, 3.05) is 6.54 Å². The summed E-state index contributed by atoms with van der Waals surface area (Å²) in [4.78, 5) is 25.9. The van der Waals surface area contributed by atoms with Crippen LogP contribution in [0.4, 0.5) is 5.69 Å². The monoisotopic (exact) mass is 351 g/mol. The maximum absolute atomic E-state index is 12.5. The number of benzene rings is 1. The van der Waals surface area contributed by atoms with Crippen LogP contribution in [0, 0.1) is 10.1 Å². The molecule has 0 bridgehead atoms. The Morgan fingerprint density at radius 1 is 1.42 bits per heavy atom. The SMILES string of the molecule is O=C(NCC1(O)CCCCC1)c1cc([N+](=O)[O-])c2[nH]ccc2c1Cl. The van der Waals surface area contributed by atoms with Gasteiger partial charge in [0.2, 0.25) is 0 Å². The van der Waals surface area contributed by atoms with Crippen molar-refractivity contribution in [2.45, 2.75) is 37.7 Å². The van der Waals surface area contributed by atoms with E-state index in [-0.39, 0.29) is 28.3 Å². The van der Waals surface area contributed by atoms with E-state index in [4.69, 9.17) is 11.6 Å². The number of aromatic amines is 1. The van der Waals surface area contributed by atoms with E-state index in [0.29, 0.717) is 18.2 Å². The van der Waals surface area contributed by atoms with Crippen LogP contribution >= 0.6 is 11.6 Å². The molecule has 128 valence electrons. The van der Waals surface area contributed by atoms with Gasteiger partial charge in [-0.05, 0) is 18.9 Å². The third-order valence-corrected chi connectivity index (χ3v) is 4.97. The van der Waals surface area contributed by atoms with Crippen LogP contribution in [0.2, 0.25) is 5.02 Å². The Morgan fingerprint density at radius 3 is 2.79 bits per heavy atom. The predicted molar refractivity (Wildman–Crippen MR) is 90.3 cm³/mol. The summed E-state index contributed by atoms with van der Waals surface area (Å²) in [7, 11) is 0. The molecule has 3 rings (SSSR count). The van der Waals surface area contributed by atoms with Gasteiger partial charge in [0.25, 0.3) is 11.6 Å². The number of nitrogens with zero attached hydrogens (tertiary/aromatic N) is 1. The number of nitro groups is 1. The molecule has 1 aliphatic carbocycles. The number of hydrogen-bond donors (Lipinski definition) is 3. The number of aromatic nitrogens is 1. The Kier molecular flexibility index (Phi) is 4.47. The van der Waals surface area contributed by atoms with Crippen LogP contribution in [-0.4, -0.2) is 33.1 Å². The maximum atomic E-state index is 12.5.